The van der Waals surface area contributed by atoms with Crippen LogP contribution in [-0.4, -0.2) is 23.1 Å². The highest BCUT2D eigenvalue weighted by Crippen LogP contribution is 2.48. The lowest BCUT2D eigenvalue weighted by molar-refractivity contribution is -0.137. The Morgan fingerprint density at radius 2 is 2.22 bits per heavy atom. The minimum atomic E-state index is -0.0364. The van der Waals surface area contributed by atoms with E-state index in [1.165, 1.54) is 30.2 Å². The molecule has 0 aromatic carbocycles. The molecule has 3 nitrogen and oxygen atoms in total. The summed E-state index contributed by atoms with van der Waals surface area (Å²) < 4.78 is 0. The van der Waals surface area contributed by atoms with E-state index in [0.717, 1.165) is 13.0 Å². The average molecular weight is 263 g/mol. The van der Waals surface area contributed by atoms with Gasteiger partial charge in [-0.1, -0.05) is 0 Å². The number of carbonyl (C=O) groups excluding carboxylic acids is 2. The number of hydrogen-bond donors (Lipinski definition) is 0. The summed E-state index contributed by atoms with van der Waals surface area (Å²) in [6.07, 6.45) is 3.43. The summed E-state index contributed by atoms with van der Waals surface area (Å²) in [4.78, 5) is 26.7. The molecular formula is C14H17NO2S. The van der Waals surface area contributed by atoms with Crippen LogP contribution in [0.1, 0.15) is 42.7 Å². The number of thiophene rings is 1. The van der Waals surface area contributed by atoms with Gasteiger partial charge in [-0.25, -0.2) is 0 Å². The Labute approximate surface area is 111 Å². The Morgan fingerprint density at radius 1 is 1.44 bits per heavy atom. The SMILES string of the molecule is CC(=O)CC(=O)N1CCc2sccc2C1C1CC1. The van der Waals surface area contributed by atoms with Crippen LogP contribution in [0.25, 0.3) is 0 Å². The third kappa shape index (κ3) is 2.09. The lowest BCUT2D eigenvalue weighted by Crippen LogP contribution is -2.41. The second-order valence-corrected chi connectivity index (χ2v) is 6.30. The van der Waals surface area contributed by atoms with E-state index < -0.39 is 0 Å². The van der Waals surface area contributed by atoms with Gasteiger partial charge in [-0.05, 0) is 49.1 Å². The second-order valence-electron chi connectivity index (χ2n) is 5.30. The molecule has 4 heteroatoms. The molecule has 1 unspecified atom stereocenters. The van der Waals surface area contributed by atoms with Crippen LogP contribution in [0.3, 0.4) is 0 Å². The largest absolute Gasteiger partial charge is 0.335 e. The summed E-state index contributed by atoms with van der Waals surface area (Å²) in [5.41, 5.74) is 1.34. The zero-order valence-corrected chi connectivity index (χ0v) is 11.3. The molecule has 2 aliphatic rings. The summed E-state index contributed by atoms with van der Waals surface area (Å²) in [5.74, 6) is 0.594. The summed E-state index contributed by atoms with van der Waals surface area (Å²) in [7, 11) is 0. The van der Waals surface area contributed by atoms with Gasteiger partial charge in [0.15, 0.2) is 0 Å². The van der Waals surface area contributed by atoms with Crippen LogP contribution in [0.15, 0.2) is 11.4 Å². The van der Waals surface area contributed by atoms with Gasteiger partial charge in [0.2, 0.25) is 5.91 Å². The van der Waals surface area contributed by atoms with E-state index in [0.29, 0.717) is 5.92 Å². The molecule has 0 bridgehead atoms. The Hall–Kier alpha value is -1.16. The van der Waals surface area contributed by atoms with E-state index in [9.17, 15) is 9.59 Å². The predicted octanol–water partition coefficient (Wildman–Crippen LogP) is 2.56. The van der Waals surface area contributed by atoms with Gasteiger partial charge < -0.3 is 4.90 Å². The molecule has 1 atom stereocenters. The zero-order chi connectivity index (χ0) is 12.7. The van der Waals surface area contributed by atoms with Gasteiger partial charge in [0.05, 0.1) is 12.5 Å². The first kappa shape index (κ1) is 11.9. The molecule has 0 radical (unpaired) electrons. The fourth-order valence-electron chi connectivity index (χ4n) is 2.86. The highest BCUT2D eigenvalue weighted by atomic mass is 32.1. The van der Waals surface area contributed by atoms with Gasteiger partial charge in [0.1, 0.15) is 5.78 Å². The van der Waals surface area contributed by atoms with Crippen molar-refractivity contribution in [3.05, 3.63) is 21.9 Å². The van der Waals surface area contributed by atoms with Crippen molar-refractivity contribution < 1.29 is 9.59 Å². The van der Waals surface area contributed by atoms with Gasteiger partial charge in [0, 0.05) is 11.4 Å². The maximum atomic E-state index is 12.2. The highest BCUT2D eigenvalue weighted by molar-refractivity contribution is 7.10. The predicted molar refractivity (Wildman–Crippen MR) is 70.5 cm³/mol. The standard InChI is InChI=1S/C14H17NO2S/c1-9(16)8-13(17)15-6-4-12-11(5-7-18-12)14(15)10-2-3-10/h5,7,10,14H,2-4,6,8H2,1H3. The highest BCUT2D eigenvalue weighted by Gasteiger charge is 2.41. The Kier molecular flexibility index (Phi) is 2.98. The van der Waals surface area contributed by atoms with E-state index in [1.807, 2.05) is 4.90 Å². The van der Waals surface area contributed by atoms with Crippen LogP contribution in [0.5, 0.6) is 0 Å². The van der Waals surface area contributed by atoms with Crippen molar-refractivity contribution in [1.29, 1.82) is 0 Å². The number of Topliss-reactive ketones (excluding diaryl/α,β-unsaturated/α-hetero) is 1. The molecule has 1 aliphatic heterocycles. The molecule has 1 aromatic rings. The maximum Gasteiger partial charge on any atom is 0.230 e. The Bertz CT molecular complexity index is 490. The molecule has 96 valence electrons. The molecule has 2 heterocycles. The lowest BCUT2D eigenvalue weighted by atomic mass is 9.95. The number of hydrogen-bond acceptors (Lipinski definition) is 3. The maximum absolute atomic E-state index is 12.2. The van der Waals surface area contributed by atoms with Crippen LogP contribution < -0.4 is 0 Å². The zero-order valence-electron chi connectivity index (χ0n) is 10.5. The molecule has 0 saturated heterocycles. The van der Waals surface area contributed by atoms with Gasteiger partial charge >= 0.3 is 0 Å². The number of carbonyl (C=O) groups is 2. The lowest BCUT2D eigenvalue weighted by Gasteiger charge is -2.36. The fourth-order valence-corrected chi connectivity index (χ4v) is 3.77. The number of fused-ring (bicyclic) bond motifs is 1. The first-order chi connectivity index (χ1) is 8.66. The second kappa shape index (κ2) is 4.50. The molecule has 0 spiro atoms. The Balaban J connectivity index is 1.86. The summed E-state index contributed by atoms with van der Waals surface area (Å²) in [6, 6.07) is 2.41. The third-order valence-electron chi connectivity index (χ3n) is 3.80. The monoisotopic (exact) mass is 263 g/mol. The molecule has 1 amide bonds. The molecule has 0 N–H and O–H groups in total. The third-order valence-corrected chi connectivity index (χ3v) is 4.80. The molecular weight excluding hydrogens is 246 g/mol. The van der Waals surface area contributed by atoms with Crippen molar-refractivity contribution in [1.82, 2.24) is 4.90 Å². The van der Waals surface area contributed by atoms with Crippen LogP contribution in [0.4, 0.5) is 0 Å². The molecule has 3 rings (SSSR count). The van der Waals surface area contributed by atoms with Gasteiger partial charge in [0.25, 0.3) is 0 Å². The smallest absolute Gasteiger partial charge is 0.230 e. The van der Waals surface area contributed by atoms with Gasteiger partial charge in [-0.2, -0.15) is 0 Å². The van der Waals surface area contributed by atoms with Crippen molar-refractivity contribution in [2.75, 3.05) is 6.54 Å². The molecule has 1 saturated carbocycles. The number of rotatable bonds is 3. The minimum absolute atomic E-state index is 0.0104. The van der Waals surface area contributed by atoms with E-state index in [1.54, 1.807) is 11.3 Å². The van der Waals surface area contributed by atoms with Crippen LogP contribution in [0, 0.1) is 5.92 Å². The van der Waals surface area contributed by atoms with Gasteiger partial charge in [-0.3, -0.25) is 9.59 Å². The van der Waals surface area contributed by atoms with Crippen molar-refractivity contribution in [2.45, 2.75) is 38.6 Å². The van der Waals surface area contributed by atoms with E-state index in [4.69, 9.17) is 0 Å². The van der Waals surface area contributed by atoms with Crippen LogP contribution >= 0.6 is 11.3 Å². The van der Waals surface area contributed by atoms with Gasteiger partial charge in [-0.15, -0.1) is 11.3 Å². The van der Waals surface area contributed by atoms with Crippen molar-refractivity contribution in [3.8, 4) is 0 Å². The first-order valence-electron chi connectivity index (χ1n) is 6.52. The molecule has 1 aromatic heterocycles. The first-order valence-corrected chi connectivity index (χ1v) is 7.40. The van der Waals surface area contributed by atoms with E-state index in [2.05, 4.69) is 11.4 Å². The number of nitrogens with zero attached hydrogens (tertiary/aromatic N) is 1. The minimum Gasteiger partial charge on any atom is -0.335 e. The van der Waals surface area contributed by atoms with E-state index >= 15 is 0 Å². The van der Waals surface area contributed by atoms with E-state index in [-0.39, 0.29) is 24.2 Å². The van der Waals surface area contributed by atoms with Crippen LogP contribution in [-0.2, 0) is 16.0 Å². The normalized spacial score (nSPS) is 22.7. The Morgan fingerprint density at radius 3 is 2.89 bits per heavy atom. The summed E-state index contributed by atoms with van der Waals surface area (Å²) in [5, 5.41) is 2.12. The summed E-state index contributed by atoms with van der Waals surface area (Å²) >= 11 is 1.80. The fraction of sp³-hybridized carbons (Fsp3) is 0.571. The van der Waals surface area contributed by atoms with Crippen LogP contribution in [0.2, 0.25) is 0 Å². The molecule has 1 aliphatic carbocycles. The number of ketones is 1. The number of amides is 1. The average Bonchev–Trinajstić information content (AvgIpc) is 3.03. The van der Waals surface area contributed by atoms with Crippen molar-refractivity contribution in [2.24, 2.45) is 5.92 Å². The molecule has 18 heavy (non-hydrogen) atoms. The summed E-state index contributed by atoms with van der Waals surface area (Å²) in [6.45, 7) is 2.27. The molecule has 1 fully saturated rings. The van der Waals surface area contributed by atoms with Crippen molar-refractivity contribution in [3.63, 3.8) is 0 Å². The van der Waals surface area contributed by atoms with Crippen molar-refractivity contribution >= 4 is 23.0 Å². The topological polar surface area (TPSA) is 37.4 Å². The quantitative estimate of drug-likeness (QED) is 0.786.